The number of nitrogens with zero attached hydrogens (tertiary/aromatic N) is 5. The van der Waals surface area contributed by atoms with Gasteiger partial charge in [-0.05, 0) is 30.3 Å². The van der Waals surface area contributed by atoms with E-state index in [0.717, 1.165) is 60.1 Å². The smallest absolute Gasteiger partial charge is 0.219 e. The van der Waals surface area contributed by atoms with Gasteiger partial charge < -0.3 is 19.4 Å². The molecule has 0 aliphatic carbocycles. The summed E-state index contributed by atoms with van der Waals surface area (Å²) in [6.45, 7) is 4.83. The minimum Gasteiger partial charge on any atom is -0.456 e. The summed E-state index contributed by atoms with van der Waals surface area (Å²) in [6.07, 6.45) is 3.51. The second-order valence-corrected chi connectivity index (χ2v) is 7.35. The Morgan fingerprint density at radius 3 is 2.45 bits per heavy atom. The van der Waals surface area contributed by atoms with Crippen LogP contribution < -0.4 is 14.5 Å². The summed E-state index contributed by atoms with van der Waals surface area (Å²) < 4.78 is 6.20. The van der Waals surface area contributed by atoms with Crippen molar-refractivity contribution in [2.45, 2.75) is 6.92 Å². The van der Waals surface area contributed by atoms with Gasteiger partial charge in [-0.25, -0.2) is 4.98 Å². The zero-order valence-electron chi connectivity index (χ0n) is 17.0. The van der Waals surface area contributed by atoms with E-state index in [1.165, 1.54) is 0 Å². The Morgan fingerprint density at radius 2 is 1.79 bits per heavy atom. The minimum absolute atomic E-state index is 0.143. The maximum Gasteiger partial charge on any atom is 0.219 e. The second-order valence-electron chi connectivity index (χ2n) is 7.35. The number of piperazine rings is 1. The molecule has 1 fully saturated rings. The Bertz CT molecular complexity index is 1010. The highest BCUT2D eigenvalue weighted by atomic mass is 16.5. The zero-order valence-corrected chi connectivity index (χ0v) is 17.0. The van der Waals surface area contributed by atoms with Gasteiger partial charge in [0.1, 0.15) is 17.3 Å². The molecule has 1 amide bonds. The number of hydrogen-bond acceptors (Lipinski definition) is 6. The SMILES string of the molecule is CC(=O)N1CCN(c2ccc(Oc3cc(N(C)C)nc4ccncc34)cc2)CC1. The fourth-order valence-electron chi connectivity index (χ4n) is 3.47. The Labute approximate surface area is 170 Å². The molecule has 29 heavy (non-hydrogen) atoms. The molecule has 0 saturated carbocycles. The molecule has 3 aromatic rings. The summed E-state index contributed by atoms with van der Waals surface area (Å²) in [7, 11) is 3.92. The highest BCUT2D eigenvalue weighted by Crippen LogP contribution is 2.32. The first kappa shape index (κ1) is 19.0. The number of benzene rings is 1. The van der Waals surface area contributed by atoms with Gasteiger partial charge in [0.25, 0.3) is 0 Å². The monoisotopic (exact) mass is 391 g/mol. The average molecular weight is 391 g/mol. The molecular weight excluding hydrogens is 366 g/mol. The van der Waals surface area contributed by atoms with Gasteiger partial charge in [-0.3, -0.25) is 9.78 Å². The molecule has 0 unspecified atom stereocenters. The molecule has 0 N–H and O–H groups in total. The van der Waals surface area contributed by atoms with Gasteiger partial charge in [-0.2, -0.15) is 0 Å². The maximum absolute atomic E-state index is 11.5. The van der Waals surface area contributed by atoms with E-state index in [0.29, 0.717) is 0 Å². The lowest BCUT2D eigenvalue weighted by molar-refractivity contribution is -0.129. The number of carbonyl (C=O) groups excluding carboxylic acids is 1. The number of fused-ring (bicyclic) bond motifs is 1. The summed E-state index contributed by atoms with van der Waals surface area (Å²) >= 11 is 0. The molecule has 0 bridgehead atoms. The molecule has 0 atom stereocenters. The van der Waals surface area contributed by atoms with Crippen molar-refractivity contribution in [3.8, 4) is 11.5 Å². The minimum atomic E-state index is 0.143. The van der Waals surface area contributed by atoms with E-state index in [9.17, 15) is 4.79 Å². The first-order valence-electron chi connectivity index (χ1n) is 9.72. The Morgan fingerprint density at radius 1 is 1.07 bits per heavy atom. The molecule has 7 nitrogen and oxygen atoms in total. The third-order valence-electron chi connectivity index (χ3n) is 5.17. The lowest BCUT2D eigenvalue weighted by Gasteiger charge is -2.35. The molecule has 1 aliphatic heterocycles. The fraction of sp³-hybridized carbons (Fsp3) is 0.318. The van der Waals surface area contributed by atoms with E-state index in [1.807, 2.05) is 48.2 Å². The van der Waals surface area contributed by atoms with Crippen molar-refractivity contribution in [1.82, 2.24) is 14.9 Å². The van der Waals surface area contributed by atoms with Gasteiger partial charge in [-0.1, -0.05) is 0 Å². The van der Waals surface area contributed by atoms with Crippen molar-refractivity contribution >= 4 is 28.3 Å². The Kier molecular flexibility index (Phi) is 5.20. The van der Waals surface area contributed by atoms with Gasteiger partial charge in [-0.15, -0.1) is 0 Å². The molecule has 1 aromatic carbocycles. The third kappa shape index (κ3) is 4.08. The predicted molar refractivity (Wildman–Crippen MR) is 115 cm³/mol. The van der Waals surface area contributed by atoms with Crippen LogP contribution in [-0.4, -0.2) is 61.0 Å². The lowest BCUT2D eigenvalue weighted by Crippen LogP contribution is -2.48. The largest absolute Gasteiger partial charge is 0.456 e. The fourth-order valence-corrected chi connectivity index (χ4v) is 3.47. The predicted octanol–water partition coefficient (Wildman–Crippen LogP) is 3.16. The van der Waals surface area contributed by atoms with Gasteiger partial charge >= 0.3 is 0 Å². The Balaban J connectivity index is 1.53. The maximum atomic E-state index is 11.5. The number of anilines is 2. The van der Waals surface area contributed by atoms with Crippen LogP contribution in [-0.2, 0) is 4.79 Å². The molecule has 1 aliphatic rings. The van der Waals surface area contributed by atoms with Crippen molar-refractivity contribution in [1.29, 1.82) is 0 Å². The standard InChI is InChI=1S/C22H25N5O2/c1-16(28)26-10-12-27(13-11-26)17-4-6-18(7-5-17)29-21-14-22(25(2)3)24-20-8-9-23-15-19(20)21/h4-9,14-15H,10-13H2,1-3H3. The van der Waals surface area contributed by atoms with Crippen LogP contribution in [0.25, 0.3) is 10.9 Å². The number of carbonyl (C=O) groups is 1. The van der Waals surface area contributed by atoms with E-state index in [4.69, 9.17) is 4.74 Å². The van der Waals surface area contributed by atoms with E-state index >= 15 is 0 Å². The van der Waals surface area contributed by atoms with Gasteiger partial charge in [0.05, 0.1) is 10.9 Å². The number of hydrogen-bond donors (Lipinski definition) is 0. The summed E-state index contributed by atoms with van der Waals surface area (Å²) in [4.78, 5) is 26.5. The highest BCUT2D eigenvalue weighted by Gasteiger charge is 2.19. The van der Waals surface area contributed by atoms with Crippen LogP contribution in [0.1, 0.15) is 6.92 Å². The van der Waals surface area contributed by atoms with Crippen molar-refractivity contribution in [3.05, 3.63) is 48.8 Å². The molecule has 2 aromatic heterocycles. The summed E-state index contributed by atoms with van der Waals surface area (Å²) in [6, 6.07) is 11.9. The molecular formula is C22H25N5O2. The van der Waals surface area contributed by atoms with E-state index in [-0.39, 0.29) is 5.91 Å². The molecule has 4 rings (SSSR count). The van der Waals surface area contributed by atoms with Crippen molar-refractivity contribution in [2.75, 3.05) is 50.1 Å². The molecule has 7 heteroatoms. The number of rotatable bonds is 4. The van der Waals surface area contributed by atoms with Crippen molar-refractivity contribution < 1.29 is 9.53 Å². The molecule has 1 saturated heterocycles. The molecule has 0 spiro atoms. The first-order valence-corrected chi connectivity index (χ1v) is 9.72. The topological polar surface area (TPSA) is 61.8 Å². The highest BCUT2D eigenvalue weighted by molar-refractivity contribution is 5.86. The zero-order chi connectivity index (χ0) is 20.4. The van der Waals surface area contributed by atoms with Crippen LogP contribution in [0.3, 0.4) is 0 Å². The Hall–Kier alpha value is -3.35. The van der Waals surface area contributed by atoms with E-state index in [1.54, 1.807) is 19.3 Å². The summed E-state index contributed by atoms with van der Waals surface area (Å²) in [5, 5.41) is 0.877. The number of pyridine rings is 2. The van der Waals surface area contributed by atoms with Crippen LogP contribution in [0, 0.1) is 0 Å². The van der Waals surface area contributed by atoms with Crippen LogP contribution in [0.2, 0.25) is 0 Å². The van der Waals surface area contributed by atoms with Gasteiger partial charge in [0, 0.05) is 71.3 Å². The number of amides is 1. The van der Waals surface area contributed by atoms with Crippen LogP contribution in [0.5, 0.6) is 11.5 Å². The molecule has 150 valence electrons. The molecule has 0 radical (unpaired) electrons. The normalized spacial score (nSPS) is 14.2. The number of ether oxygens (including phenoxy) is 1. The number of aromatic nitrogens is 2. The second kappa shape index (κ2) is 7.95. The van der Waals surface area contributed by atoms with Gasteiger partial charge in [0.2, 0.25) is 5.91 Å². The van der Waals surface area contributed by atoms with Gasteiger partial charge in [0.15, 0.2) is 0 Å². The lowest BCUT2D eigenvalue weighted by atomic mass is 10.2. The van der Waals surface area contributed by atoms with Crippen LogP contribution in [0.15, 0.2) is 48.8 Å². The van der Waals surface area contributed by atoms with Crippen LogP contribution in [0.4, 0.5) is 11.5 Å². The van der Waals surface area contributed by atoms with Crippen molar-refractivity contribution in [3.63, 3.8) is 0 Å². The quantitative estimate of drug-likeness (QED) is 0.681. The molecule has 3 heterocycles. The van der Waals surface area contributed by atoms with Crippen LogP contribution >= 0.6 is 0 Å². The van der Waals surface area contributed by atoms with E-state index in [2.05, 4.69) is 27.0 Å². The summed E-state index contributed by atoms with van der Waals surface area (Å²) in [5.41, 5.74) is 1.98. The first-order chi connectivity index (χ1) is 14.0. The van der Waals surface area contributed by atoms with E-state index < -0.39 is 0 Å². The van der Waals surface area contributed by atoms with Crippen molar-refractivity contribution in [2.24, 2.45) is 0 Å². The third-order valence-corrected chi connectivity index (χ3v) is 5.17. The average Bonchev–Trinajstić information content (AvgIpc) is 2.74. The summed E-state index contributed by atoms with van der Waals surface area (Å²) in [5.74, 6) is 2.47.